The first-order valence-corrected chi connectivity index (χ1v) is 14.7. The average Bonchev–Trinajstić information content (AvgIpc) is 3.62. The van der Waals surface area contributed by atoms with Crippen molar-refractivity contribution in [3.05, 3.63) is 81.9 Å². The molecule has 0 bridgehead atoms. The number of nitrogens with one attached hydrogen (secondary N) is 2. The van der Waals surface area contributed by atoms with Crippen LogP contribution in [0.25, 0.3) is 0 Å². The molecule has 6 rings (SSSR count). The van der Waals surface area contributed by atoms with Crippen LogP contribution in [0.1, 0.15) is 37.8 Å². The predicted molar refractivity (Wildman–Crippen MR) is 161 cm³/mol. The topological polar surface area (TPSA) is 124 Å². The Morgan fingerprint density at radius 1 is 0.707 bits per heavy atom. The number of carbonyl (C=O) groups is 4. The highest BCUT2D eigenvalue weighted by Crippen LogP contribution is 2.35. The van der Waals surface area contributed by atoms with E-state index in [1.54, 1.807) is 9.80 Å². The maximum Gasteiger partial charge on any atom is 0.271 e. The van der Waals surface area contributed by atoms with Crippen molar-refractivity contribution < 1.29 is 19.2 Å². The van der Waals surface area contributed by atoms with Gasteiger partial charge in [0.1, 0.15) is 12.1 Å². The number of aliphatic imine (C=N–C) groups is 2. The summed E-state index contributed by atoms with van der Waals surface area (Å²) >= 11 is 2.87. The highest BCUT2D eigenvalue weighted by Gasteiger charge is 2.40. The van der Waals surface area contributed by atoms with Gasteiger partial charge in [0.05, 0.1) is 12.8 Å². The number of nitrogens with zero attached hydrogens (tertiary/aromatic N) is 4. The average molecular weight is 587 g/mol. The molecule has 2 unspecified atom stereocenters. The van der Waals surface area contributed by atoms with Crippen LogP contribution in [0.4, 0.5) is 11.4 Å². The number of hydrogen-bond acceptors (Lipinski definition) is 8. The Morgan fingerprint density at radius 3 is 1.49 bits per heavy atom. The summed E-state index contributed by atoms with van der Waals surface area (Å²) in [5, 5.41) is 7.00. The number of amidine groups is 2. The first kappa shape index (κ1) is 27.0. The molecule has 12 heteroatoms. The molecule has 41 heavy (non-hydrogen) atoms. The van der Waals surface area contributed by atoms with E-state index in [1.807, 2.05) is 74.8 Å². The van der Waals surface area contributed by atoms with E-state index in [4.69, 9.17) is 0 Å². The van der Waals surface area contributed by atoms with Gasteiger partial charge in [-0.05, 0) is 55.7 Å². The van der Waals surface area contributed by atoms with Crippen molar-refractivity contribution in [2.45, 2.75) is 45.2 Å². The predicted octanol–water partition coefficient (Wildman–Crippen LogP) is 4.28. The zero-order valence-corrected chi connectivity index (χ0v) is 23.9. The Hall–Kier alpha value is -4.16. The molecule has 0 saturated carbocycles. The number of carbonyl (C=O) groups excluding carboxylic acids is 4. The monoisotopic (exact) mass is 586 g/mol. The molecule has 4 heterocycles. The summed E-state index contributed by atoms with van der Waals surface area (Å²) in [7, 11) is 0. The lowest BCUT2D eigenvalue weighted by Gasteiger charge is -2.18. The molecule has 4 amide bonds. The first-order chi connectivity index (χ1) is 19.7. The Labute approximate surface area is 245 Å². The number of benzene rings is 2. The zero-order valence-electron chi connectivity index (χ0n) is 22.3. The normalized spacial score (nSPS) is 20.8. The van der Waals surface area contributed by atoms with Gasteiger partial charge >= 0.3 is 0 Å². The number of fused-ring (bicyclic) bond motifs is 2. The maximum absolute atomic E-state index is 12.6. The molecule has 0 spiro atoms. The second-order valence-corrected chi connectivity index (χ2v) is 12.5. The zero-order chi connectivity index (χ0) is 28.7. The third-order valence-corrected chi connectivity index (χ3v) is 8.71. The van der Waals surface area contributed by atoms with E-state index in [-0.39, 0.29) is 36.5 Å². The fourth-order valence-electron chi connectivity index (χ4n) is 4.93. The van der Waals surface area contributed by atoms with Crippen molar-refractivity contribution in [3.8, 4) is 0 Å². The molecule has 2 atom stereocenters. The van der Waals surface area contributed by atoms with Gasteiger partial charge in [0.2, 0.25) is 11.8 Å². The van der Waals surface area contributed by atoms with Crippen LogP contribution < -0.4 is 10.6 Å². The van der Waals surface area contributed by atoms with Gasteiger partial charge in [-0.25, -0.2) is 0 Å². The van der Waals surface area contributed by atoms with E-state index in [0.29, 0.717) is 28.1 Å². The molecule has 2 N–H and O–H groups in total. The molecule has 2 aromatic rings. The molecular weight excluding hydrogens is 560 g/mol. The van der Waals surface area contributed by atoms with Gasteiger partial charge in [0.25, 0.3) is 11.8 Å². The minimum Gasteiger partial charge on any atom is -0.326 e. The third-order valence-electron chi connectivity index (χ3n) is 6.88. The van der Waals surface area contributed by atoms with E-state index in [2.05, 4.69) is 20.6 Å². The molecule has 4 aliphatic heterocycles. The van der Waals surface area contributed by atoms with Crippen molar-refractivity contribution in [2.24, 2.45) is 9.98 Å². The van der Waals surface area contributed by atoms with Crippen molar-refractivity contribution >= 4 is 68.9 Å². The maximum atomic E-state index is 12.6. The second-order valence-electron chi connectivity index (χ2n) is 10.1. The molecule has 208 valence electrons. The summed E-state index contributed by atoms with van der Waals surface area (Å²) in [5.74, 6) is -1.08. The van der Waals surface area contributed by atoms with Crippen molar-refractivity contribution in [2.75, 3.05) is 10.6 Å². The fourth-order valence-corrected chi connectivity index (χ4v) is 6.68. The number of hydrogen-bond donors (Lipinski definition) is 2. The number of rotatable bonds is 8. The summed E-state index contributed by atoms with van der Waals surface area (Å²) in [4.78, 5) is 63.4. The highest BCUT2D eigenvalue weighted by atomic mass is 32.2. The Morgan fingerprint density at radius 2 is 1.10 bits per heavy atom. The van der Waals surface area contributed by atoms with E-state index in [9.17, 15) is 19.2 Å². The van der Waals surface area contributed by atoms with Crippen molar-refractivity contribution in [3.63, 3.8) is 0 Å². The van der Waals surface area contributed by atoms with E-state index in [0.717, 1.165) is 20.9 Å². The smallest absolute Gasteiger partial charge is 0.271 e. The standard InChI is InChI=1S/C29H26N6O4S2/c1-16-14-34-22(26(38)32-28(34)40-16)12-24(36)30-20-7-3-18(4-8-20)11-19-5-9-21(10-6-19)31-25(37)13-23-27(39)33-29-35(23)15-17(2)41-29/h3-10,14-15,22-23H,11-13H2,1-2H3,(H,30,36)(H,31,37). The largest absolute Gasteiger partial charge is 0.326 e. The Bertz CT molecular complexity index is 1460. The van der Waals surface area contributed by atoms with Crippen LogP contribution in [0.2, 0.25) is 0 Å². The summed E-state index contributed by atoms with van der Waals surface area (Å²) < 4.78 is 0. The fraction of sp³-hybridized carbons (Fsp3) is 0.241. The summed E-state index contributed by atoms with van der Waals surface area (Å²) in [6.07, 6.45) is 4.44. The van der Waals surface area contributed by atoms with E-state index >= 15 is 0 Å². The molecular formula is C29H26N6O4S2. The molecule has 10 nitrogen and oxygen atoms in total. The third kappa shape index (κ3) is 5.84. The van der Waals surface area contributed by atoms with Crippen molar-refractivity contribution in [1.82, 2.24) is 9.80 Å². The van der Waals surface area contributed by atoms with Crippen LogP contribution in [0.3, 0.4) is 0 Å². The molecule has 0 aromatic heterocycles. The van der Waals surface area contributed by atoms with Crippen LogP contribution in [-0.2, 0) is 25.6 Å². The summed E-state index contributed by atoms with van der Waals surface area (Å²) in [6, 6.07) is 13.9. The van der Waals surface area contributed by atoms with Gasteiger partial charge in [0, 0.05) is 33.6 Å². The number of allylic oxidation sites excluding steroid dienone is 2. The molecule has 0 aliphatic carbocycles. The summed E-state index contributed by atoms with van der Waals surface area (Å²) in [5.41, 5.74) is 3.42. The van der Waals surface area contributed by atoms with Crippen LogP contribution in [0.15, 0.2) is 80.7 Å². The summed E-state index contributed by atoms with van der Waals surface area (Å²) in [6.45, 7) is 3.89. The molecule has 0 radical (unpaired) electrons. The van der Waals surface area contributed by atoms with Crippen LogP contribution >= 0.6 is 23.5 Å². The van der Waals surface area contributed by atoms with E-state index < -0.39 is 12.1 Å². The second kappa shape index (κ2) is 11.0. The lowest BCUT2D eigenvalue weighted by atomic mass is 10.0. The van der Waals surface area contributed by atoms with Gasteiger partial charge in [-0.15, -0.1) is 0 Å². The van der Waals surface area contributed by atoms with E-state index in [1.165, 1.54) is 23.5 Å². The van der Waals surface area contributed by atoms with Crippen molar-refractivity contribution in [1.29, 1.82) is 0 Å². The first-order valence-electron chi connectivity index (χ1n) is 13.0. The number of thioether (sulfide) groups is 2. The number of amides is 4. The Balaban J connectivity index is 0.982. The minimum absolute atomic E-state index is 0.0284. The lowest BCUT2D eigenvalue weighted by Crippen LogP contribution is -2.35. The number of anilines is 2. The Kier molecular flexibility index (Phi) is 7.26. The SMILES string of the molecule is CC1=CN2C(=NC(=O)C2CC(=O)Nc2ccc(Cc3ccc(NC(=O)CC4C(=O)N=C5SC(C)=CN54)cc3)cc2)S1. The molecule has 2 aromatic carbocycles. The molecule has 0 saturated heterocycles. The lowest BCUT2D eigenvalue weighted by molar-refractivity contribution is -0.124. The van der Waals surface area contributed by atoms with Gasteiger partial charge < -0.3 is 20.4 Å². The van der Waals surface area contributed by atoms with Gasteiger partial charge in [-0.3, -0.25) is 19.2 Å². The van der Waals surface area contributed by atoms with Crippen LogP contribution in [-0.4, -0.2) is 55.8 Å². The van der Waals surface area contributed by atoms with Gasteiger partial charge in [0.15, 0.2) is 10.3 Å². The molecule has 0 fully saturated rings. The van der Waals surface area contributed by atoms with Gasteiger partial charge in [-0.1, -0.05) is 47.8 Å². The van der Waals surface area contributed by atoms with Gasteiger partial charge in [-0.2, -0.15) is 9.98 Å². The van der Waals surface area contributed by atoms with Crippen LogP contribution in [0.5, 0.6) is 0 Å². The molecule has 4 aliphatic rings. The minimum atomic E-state index is -0.598. The quantitative estimate of drug-likeness (QED) is 0.470. The highest BCUT2D eigenvalue weighted by molar-refractivity contribution is 8.17. The van der Waals surface area contributed by atoms with Crippen LogP contribution in [0, 0.1) is 0 Å².